The summed E-state index contributed by atoms with van der Waals surface area (Å²) < 4.78 is 6.96. The van der Waals surface area contributed by atoms with Crippen molar-refractivity contribution >= 4 is 57.4 Å². The van der Waals surface area contributed by atoms with Gasteiger partial charge in [0.25, 0.3) is 5.91 Å². The molecule has 2 aromatic carbocycles. The molecule has 0 fully saturated rings. The van der Waals surface area contributed by atoms with E-state index >= 15 is 0 Å². The zero-order valence-electron chi connectivity index (χ0n) is 13.9. The Bertz CT molecular complexity index is 907. The summed E-state index contributed by atoms with van der Waals surface area (Å²) in [4.78, 5) is 27.2. The third kappa shape index (κ3) is 5.18. The highest BCUT2D eigenvalue weighted by Crippen LogP contribution is 2.28. The molecule has 7 heteroatoms. The van der Waals surface area contributed by atoms with Crippen LogP contribution in [0.5, 0.6) is 5.75 Å². The van der Waals surface area contributed by atoms with E-state index in [1.54, 1.807) is 6.08 Å². The zero-order valence-corrected chi connectivity index (χ0v) is 16.8. The standard InChI is InChI=1S/C19H15IN2O3S/c1-12(23)21-19-22-18(24)17(26-19)10-13-5-7-16(8-6-13)25-11-14-3-2-4-15(20)9-14/h2-10H,11H2,1H3,(H,21,22,23,24). The van der Waals surface area contributed by atoms with Crippen LogP contribution in [0.3, 0.4) is 0 Å². The average molecular weight is 478 g/mol. The van der Waals surface area contributed by atoms with Crippen LogP contribution in [-0.2, 0) is 16.2 Å². The summed E-state index contributed by atoms with van der Waals surface area (Å²) in [5.74, 6) is 0.157. The second kappa shape index (κ2) is 8.50. The Balaban J connectivity index is 1.61. The van der Waals surface area contributed by atoms with Gasteiger partial charge < -0.3 is 10.1 Å². The van der Waals surface area contributed by atoms with Crippen molar-refractivity contribution in [3.05, 3.63) is 68.1 Å². The van der Waals surface area contributed by atoms with Gasteiger partial charge in [0.15, 0.2) is 5.17 Å². The highest BCUT2D eigenvalue weighted by Gasteiger charge is 2.22. The predicted molar refractivity (Wildman–Crippen MR) is 112 cm³/mol. The average Bonchev–Trinajstić information content (AvgIpc) is 2.93. The maximum absolute atomic E-state index is 11.9. The van der Waals surface area contributed by atoms with E-state index in [9.17, 15) is 9.59 Å². The van der Waals surface area contributed by atoms with Crippen LogP contribution in [0, 0.1) is 3.57 Å². The van der Waals surface area contributed by atoms with Crippen molar-refractivity contribution in [2.24, 2.45) is 4.99 Å². The number of ether oxygens (including phenoxy) is 1. The van der Waals surface area contributed by atoms with E-state index in [4.69, 9.17) is 4.74 Å². The molecule has 0 aliphatic carbocycles. The van der Waals surface area contributed by atoms with Crippen molar-refractivity contribution in [3.8, 4) is 5.75 Å². The minimum Gasteiger partial charge on any atom is -0.489 e. The largest absolute Gasteiger partial charge is 0.489 e. The number of amides is 2. The first kappa shape index (κ1) is 18.7. The van der Waals surface area contributed by atoms with Crippen LogP contribution >= 0.6 is 34.4 Å². The lowest BCUT2D eigenvalue weighted by atomic mass is 10.2. The number of carbonyl (C=O) groups is 2. The van der Waals surface area contributed by atoms with Gasteiger partial charge in [-0.05, 0) is 75.8 Å². The first-order valence-electron chi connectivity index (χ1n) is 7.77. The molecule has 26 heavy (non-hydrogen) atoms. The number of amidine groups is 1. The quantitative estimate of drug-likeness (QED) is 0.534. The fraction of sp³-hybridized carbons (Fsp3) is 0.105. The Labute approximate surface area is 169 Å². The Morgan fingerprint density at radius 2 is 2.04 bits per heavy atom. The first-order chi connectivity index (χ1) is 12.5. The van der Waals surface area contributed by atoms with Gasteiger partial charge in [-0.2, -0.15) is 4.99 Å². The van der Waals surface area contributed by atoms with Gasteiger partial charge in [-0.1, -0.05) is 24.3 Å². The molecule has 5 nitrogen and oxygen atoms in total. The monoisotopic (exact) mass is 478 g/mol. The smallest absolute Gasteiger partial charge is 0.286 e. The Kier molecular flexibility index (Phi) is 6.10. The summed E-state index contributed by atoms with van der Waals surface area (Å²) in [5, 5.41) is 2.84. The summed E-state index contributed by atoms with van der Waals surface area (Å²) in [6, 6.07) is 15.6. The topological polar surface area (TPSA) is 67.8 Å². The molecular formula is C19H15IN2O3S. The fourth-order valence-electron chi connectivity index (χ4n) is 2.22. The lowest BCUT2D eigenvalue weighted by Gasteiger charge is -2.07. The molecule has 0 aromatic heterocycles. The lowest BCUT2D eigenvalue weighted by molar-refractivity contribution is -0.117. The highest BCUT2D eigenvalue weighted by molar-refractivity contribution is 14.1. The minimum atomic E-state index is -0.349. The van der Waals surface area contributed by atoms with E-state index < -0.39 is 0 Å². The number of rotatable bonds is 4. The second-order valence-corrected chi connectivity index (χ2v) is 7.78. The maximum atomic E-state index is 11.9. The molecule has 0 radical (unpaired) electrons. The van der Waals surface area contributed by atoms with Crippen LogP contribution in [0.1, 0.15) is 18.1 Å². The summed E-state index contributed by atoms with van der Waals surface area (Å²) in [6.45, 7) is 1.88. The SMILES string of the molecule is CC(=O)NC1=NC(=O)C(=Cc2ccc(OCc3cccc(I)c3)cc2)S1. The number of benzene rings is 2. The third-order valence-electron chi connectivity index (χ3n) is 3.38. The molecule has 2 amide bonds. The summed E-state index contributed by atoms with van der Waals surface area (Å²) >= 11 is 3.43. The van der Waals surface area contributed by atoms with Crippen molar-refractivity contribution in [2.45, 2.75) is 13.5 Å². The fourth-order valence-corrected chi connectivity index (χ4v) is 3.69. The maximum Gasteiger partial charge on any atom is 0.286 e. The number of carbonyl (C=O) groups excluding carboxylic acids is 2. The van der Waals surface area contributed by atoms with Crippen molar-refractivity contribution in [2.75, 3.05) is 0 Å². The molecule has 0 saturated heterocycles. The molecule has 0 unspecified atom stereocenters. The molecule has 3 rings (SSSR count). The van der Waals surface area contributed by atoms with Gasteiger partial charge in [-0.25, -0.2) is 0 Å². The number of halogens is 1. The van der Waals surface area contributed by atoms with E-state index in [0.29, 0.717) is 16.7 Å². The van der Waals surface area contributed by atoms with Gasteiger partial charge in [-0.15, -0.1) is 0 Å². The highest BCUT2D eigenvalue weighted by atomic mass is 127. The van der Waals surface area contributed by atoms with Gasteiger partial charge in [-0.3, -0.25) is 9.59 Å². The van der Waals surface area contributed by atoms with Crippen LogP contribution in [-0.4, -0.2) is 17.0 Å². The number of nitrogens with zero attached hydrogens (tertiary/aromatic N) is 1. The molecule has 2 aromatic rings. The van der Waals surface area contributed by atoms with Crippen LogP contribution in [0.25, 0.3) is 6.08 Å². The Morgan fingerprint density at radius 3 is 2.73 bits per heavy atom. The van der Waals surface area contributed by atoms with E-state index in [-0.39, 0.29) is 11.8 Å². The number of thioether (sulfide) groups is 1. The van der Waals surface area contributed by atoms with Crippen LogP contribution < -0.4 is 10.1 Å². The normalized spacial score (nSPS) is 15.1. The molecule has 0 atom stereocenters. The van der Waals surface area contributed by atoms with Crippen LogP contribution in [0.4, 0.5) is 0 Å². The molecular weight excluding hydrogens is 463 g/mol. The Morgan fingerprint density at radius 1 is 1.27 bits per heavy atom. The van der Waals surface area contributed by atoms with Crippen molar-refractivity contribution < 1.29 is 14.3 Å². The second-order valence-electron chi connectivity index (χ2n) is 5.50. The zero-order chi connectivity index (χ0) is 18.5. The number of hydrogen-bond acceptors (Lipinski definition) is 4. The summed E-state index contributed by atoms with van der Waals surface area (Å²) in [5.41, 5.74) is 1.97. The van der Waals surface area contributed by atoms with Gasteiger partial charge >= 0.3 is 0 Å². The molecule has 1 heterocycles. The summed E-state index contributed by atoms with van der Waals surface area (Å²) in [7, 11) is 0. The van der Waals surface area contributed by atoms with Crippen molar-refractivity contribution in [1.29, 1.82) is 0 Å². The number of hydrogen-bond donors (Lipinski definition) is 1. The van der Waals surface area contributed by atoms with Gasteiger partial charge in [0.1, 0.15) is 12.4 Å². The van der Waals surface area contributed by atoms with E-state index in [1.165, 1.54) is 10.5 Å². The van der Waals surface area contributed by atoms with E-state index in [2.05, 4.69) is 39.0 Å². The van der Waals surface area contributed by atoms with Crippen LogP contribution in [0.15, 0.2) is 58.4 Å². The summed E-state index contributed by atoms with van der Waals surface area (Å²) in [6.07, 6.45) is 1.74. The van der Waals surface area contributed by atoms with Gasteiger partial charge in [0.2, 0.25) is 5.91 Å². The van der Waals surface area contributed by atoms with Crippen LogP contribution in [0.2, 0.25) is 0 Å². The third-order valence-corrected chi connectivity index (χ3v) is 4.95. The Hall–Kier alpha value is -2.13. The minimum absolute atomic E-state index is 0.250. The number of nitrogens with one attached hydrogen (secondary N) is 1. The predicted octanol–water partition coefficient (Wildman–Crippen LogP) is 3.98. The molecule has 132 valence electrons. The molecule has 0 bridgehead atoms. The van der Waals surface area contributed by atoms with Gasteiger partial charge in [0, 0.05) is 10.5 Å². The molecule has 0 spiro atoms. The lowest BCUT2D eigenvalue weighted by Crippen LogP contribution is -2.23. The van der Waals surface area contributed by atoms with Crippen molar-refractivity contribution in [1.82, 2.24) is 5.32 Å². The van der Waals surface area contributed by atoms with E-state index in [0.717, 1.165) is 28.6 Å². The molecule has 1 aliphatic rings. The van der Waals surface area contributed by atoms with Crippen molar-refractivity contribution in [3.63, 3.8) is 0 Å². The molecule has 0 saturated carbocycles. The van der Waals surface area contributed by atoms with Gasteiger partial charge in [0.05, 0.1) is 4.91 Å². The van der Waals surface area contributed by atoms with E-state index in [1.807, 2.05) is 42.5 Å². The first-order valence-corrected chi connectivity index (χ1v) is 9.66. The molecule has 1 aliphatic heterocycles. The number of aliphatic imine (C=N–C) groups is 1. The molecule has 1 N–H and O–H groups in total.